The number of aromatic nitrogens is 1. The monoisotopic (exact) mass is 234 g/mol. The van der Waals surface area contributed by atoms with E-state index in [1.165, 1.54) is 0 Å². The van der Waals surface area contributed by atoms with E-state index in [4.69, 9.17) is 5.11 Å². The molecule has 4 nitrogen and oxygen atoms in total. The van der Waals surface area contributed by atoms with Crippen LogP contribution in [0.25, 0.3) is 0 Å². The lowest BCUT2D eigenvalue weighted by Crippen LogP contribution is -2.37. The van der Waals surface area contributed by atoms with Crippen LogP contribution in [0.4, 0.5) is 0 Å². The number of hydrogen-bond acceptors (Lipinski definition) is 2. The Morgan fingerprint density at radius 1 is 1.47 bits per heavy atom. The quantitative estimate of drug-likeness (QED) is 0.767. The molecule has 1 aromatic heterocycles. The van der Waals surface area contributed by atoms with Crippen LogP contribution in [0.15, 0.2) is 36.7 Å². The summed E-state index contributed by atoms with van der Waals surface area (Å²) in [5.41, 5.74) is 0. The molecule has 1 amide bonds. The molecule has 1 aliphatic rings. The summed E-state index contributed by atoms with van der Waals surface area (Å²) in [6.07, 6.45) is 8.48. The van der Waals surface area contributed by atoms with Gasteiger partial charge in [0.1, 0.15) is 6.04 Å². The zero-order valence-corrected chi connectivity index (χ0v) is 9.91. The third-order valence-corrected chi connectivity index (χ3v) is 3.19. The number of nitrogens with zero attached hydrogens (tertiary/aromatic N) is 1. The summed E-state index contributed by atoms with van der Waals surface area (Å²) in [5.74, 6) is 0.191. The number of nitrogens with one attached hydrogen (secondary N) is 1. The molecule has 0 fully saturated rings. The van der Waals surface area contributed by atoms with E-state index in [1.54, 1.807) is 0 Å². The van der Waals surface area contributed by atoms with Crippen molar-refractivity contribution in [3.63, 3.8) is 0 Å². The van der Waals surface area contributed by atoms with Gasteiger partial charge < -0.3 is 15.0 Å². The van der Waals surface area contributed by atoms with E-state index in [0.717, 1.165) is 6.42 Å². The van der Waals surface area contributed by atoms with Crippen LogP contribution in [0, 0.1) is 5.92 Å². The molecule has 0 saturated heterocycles. The summed E-state index contributed by atoms with van der Waals surface area (Å²) < 4.78 is 1.87. The molecule has 1 heterocycles. The fourth-order valence-corrected chi connectivity index (χ4v) is 2.06. The molecule has 0 saturated carbocycles. The van der Waals surface area contributed by atoms with Crippen molar-refractivity contribution >= 4 is 5.91 Å². The second-order valence-electron chi connectivity index (χ2n) is 4.48. The second kappa shape index (κ2) is 5.19. The Bertz CT molecular complexity index is 398. The average Bonchev–Trinajstić information content (AvgIpc) is 2.98. The van der Waals surface area contributed by atoms with Crippen molar-refractivity contribution in [1.29, 1.82) is 0 Å². The van der Waals surface area contributed by atoms with E-state index in [1.807, 2.05) is 48.2 Å². The maximum atomic E-state index is 12.0. The Kier molecular flexibility index (Phi) is 3.64. The topological polar surface area (TPSA) is 54.3 Å². The number of rotatable bonds is 4. The Morgan fingerprint density at radius 2 is 2.18 bits per heavy atom. The fraction of sp³-hybridized carbons (Fsp3) is 0.462. The van der Waals surface area contributed by atoms with Gasteiger partial charge in [-0.2, -0.15) is 0 Å². The van der Waals surface area contributed by atoms with Crippen LogP contribution in [-0.2, 0) is 4.79 Å². The van der Waals surface area contributed by atoms with E-state index in [2.05, 4.69) is 5.32 Å². The molecule has 1 aromatic rings. The highest BCUT2D eigenvalue weighted by molar-refractivity contribution is 5.80. The van der Waals surface area contributed by atoms with Gasteiger partial charge in [0, 0.05) is 31.0 Å². The van der Waals surface area contributed by atoms with Crippen molar-refractivity contribution in [2.75, 3.05) is 6.61 Å². The maximum Gasteiger partial charge on any atom is 0.243 e. The minimum Gasteiger partial charge on any atom is -0.396 e. The molecule has 0 aromatic carbocycles. The minimum absolute atomic E-state index is 0.00874. The summed E-state index contributed by atoms with van der Waals surface area (Å²) in [6.45, 7) is 2.02. The van der Waals surface area contributed by atoms with Crippen LogP contribution >= 0.6 is 0 Å². The number of carbonyl (C=O) groups excluding carboxylic acids is 1. The van der Waals surface area contributed by atoms with E-state index in [-0.39, 0.29) is 30.5 Å². The van der Waals surface area contributed by atoms with E-state index < -0.39 is 0 Å². The number of hydrogen-bond donors (Lipinski definition) is 2. The molecule has 4 heteroatoms. The molecule has 0 aliphatic heterocycles. The summed E-state index contributed by atoms with van der Waals surface area (Å²) in [6, 6.07) is 3.66. The first-order chi connectivity index (χ1) is 8.20. The molecule has 17 heavy (non-hydrogen) atoms. The molecule has 0 spiro atoms. The first kappa shape index (κ1) is 11.9. The maximum absolute atomic E-state index is 12.0. The normalized spacial score (nSPS) is 24.8. The fourth-order valence-electron chi connectivity index (χ4n) is 2.06. The molecule has 0 bridgehead atoms. The highest BCUT2D eigenvalue weighted by atomic mass is 16.3. The lowest BCUT2D eigenvalue weighted by molar-refractivity contribution is -0.124. The standard InChI is InChI=1S/C13H18N2O2/c1-10(15-6-2-3-7-15)13(17)14-12-5-4-11(8-12)9-16/h2-7,10-12,16H,8-9H2,1H3,(H,14,17)/t10?,11-,12+/m0/s1. The van der Waals surface area contributed by atoms with Gasteiger partial charge in [0.25, 0.3) is 0 Å². The third-order valence-electron chi connectivity index (χ3n) is 3.19. The smallest absolute Gasteiger partial charge is 0.243 e. The first-order valence-corrected chi connectivity index (χ1v) is 5.92. The van der Waals surface area contributed by atoms with Gasteiger partial charge >= 0.3 is 0 Å². The largest absolute Gasteiger partial charge is 0.396 e. The van der Waals surface area contributed by atoms with Crippen molar-refractivity contribution in [1.82, 2.24) is 9.88 Å². The Hall–Kier alpha value is -1.55. The van der Waals surface area contributed by atoms with Crippen molar-refractivity contribution in [2.45, 2.75) is 25.4 Å². The van der Waals surface area contributed by atoms with Crippen LogP contribution in [0.3, 0.4) is 0 Å². The van der Waals surface area contributed by atoms with Gasteiger partial charge in [-0.1, -0.05) is 12.2 Å². The second-order valence-corrected chi connectivity index (χ2v) is 4.48. The molecule has 3 atom stereocenters. The van der Waals surface area contributed by atoms with Gasteiger partial charge in [-0.05, 0) is 25.5 Å². The molecule has 0 radical (unpaired) electrons. The van der Waals surface area contributed by atoms with Crippen LogP contribution in [0.2, 0.25) is 0 Å². The van der Waals surface area contributed by atoms with Crippen molar-refractivity contribution in [3.8, 4) is 0 Å². The number of aliphatic hydroxyl groups is 1. The Morgan fingerprint density at radius 3 is 2.76 bits per heavy atom. The van der Waals surface area contributed by atoms with Crippen LogP contribution in [0.1, 0.15) is 19.4 Å². The van der Waals surface area contributed by atoms with E-state index in [0.29, 0.717) is 0 Å². The molecular weight excluding hydrogens is 216 g/mol. The first-order valence-electron chi connectivity index (χ1n) is 5.92. The van der Waals surface area contributed by atoms with Gasteiger partial charge in [-0.3, -0.25) is 4.79 Å². The van der Waals surface area contributed by atoms with Gasteiger partial charge in [0.15, 0.2) is 0 Å². The number of aliphatic hydroxyl groups excluding tert-OH is 1. The number of carbonyl (C=O) groups is 1. The highest BCUT2D eigenvalue weighted by Gasteiger charge is 2.22. The van der Waals surface area contributed by atoms with Gasteiger partial charge in [-0.25, -0.2) is 0 Å². The van der Waals surface area contributed by atoms with E-state index in [9.17, 15) is 4.79 Å². The van der Waals surface area contributed by atoms with Crippen LogP contribution in [0.5, 0.6) is 0 Å². The van der Waals surface area contributed by atoms with Gasteiger partial charge in [0.05, 0.1) is 0 Å². The minimum atomic E-state index is -0.202. The highest BCUT2D eigenvalue weighted by Crippen LogP contribution is 2.17. The van der Waals surface area contributed by atoms with Crippen LogP contribution < -0.4 is 5.32 Å². The molecule has 1 aliphatic carbocycles. The summed E-state index contributed by atoms with van der Waals surface area (Å²) in [4.78, 5) is 12.0. The molecule has 1 unspecified atom stereocenters. The predicted octanol–water partition coefficient (Wildman–Crippen LogP) is 1.10. The zero-order chi connectivity index (χ0) is 12.3. The predicted molar refractivity (Wildman–Crippen MR) is 65.4 cm³/mol. The van der Waals surface area contributed by atoms with E-state index >= 15 is 0 Å². The van der Waals surface area contributed by atoms with Gasteiger partial charge in [0.2, 0.25) is 5.91 Å². The Labute approximate surface area is 101 Å². The lowest BCUT2D eigenvalue weighted by Gasteiger charge is -2.17. The molecular formula is C13H18N2O2. The lowest BCUT2D eigenvalue weighted by atomic mass is 10.1. The molecule has 92 valence electrons. The average molecular weight is 234 g/mol. The number of amides is 1. The van der Waals surface area contributed by atoms with Crippen LogP contribution in [-0.4, -0.2) is 28.2 Å². The van der Waals surface area contributed by atoms with Crippen molar-refractivity contribution < 1.29 is 9.90 Å². The molecule has 2 rings (SSSR count). The summed E-state index contributed by atoms with van der Waals surface area (Å²) in [5, 5.41) is 12.0. The summed E-state index contributed by atoms with van der Waals surface area (Å²) in [7, 11) is 0. The van der Waals surface area contributed by atoms with Gasteiger partial charge in [-0.15, -0.1) is 0 Å². The zero-order valence-electron chi connectivity index (χ0n) is 9.91. The third kappa shape index (κ3) is 2.77. The van der Waals surface area contributed by atoms with Crippen molar-refractivity contribution in [3.05, 3.63) is 36.7 Å². The summed E-state index contributed by atoms with van der Waals surface area (Å²) >= 11 is 0. The Balaban J connectivity index is 1.88. The molecule has 2 N–H and O–H groups in total. The van der Waals surface area contributed by atoms with Crippen molar-refractivity contribution in [2.24, 2.45) is 5.92 Å². The SMILES string of the molecule is CC(C(=O)N[C@@H]1C=C[C@H](CO)C1)n1cccc1.